The highest BCUT2D eigenvalue weighted by Crippen LogP contribution is 2.30. The fourth-order valence-corrected chi connectivity index (χ4v) is 3.02. The van der Waals surface area contributed by atoms with E-state index < -0.39 is 34.3 Å². The first kappa shape index (κ1) is 21.7. The molecule has 0 bridgehead atoms. The third-order valence-corrected chi connectivity index (χ3v) is 4.99. The molecule has 0 aliphatic carbocycles. The molecule has 0 radical (unpaired) electrons. The summed E-state index contributed by atoms with van der Waals surface area (Å²) >= 11 is 5.88. The van der Waals surface area contributed by atoms with Crippen LogP contribution in [-0.4, -0.2) is 24.5 Å². The first-order valence-electron chi connectivity index (χ1n) is 7.95. The highest BCUT2D eigenvalue weighted by Gasteiger charge is 2.30. The molecule has 2 N–H and O–H groups in total. The summed E-state index contributed by atoms with van der Waals surface area (Å²) in [5.74, 6) is -1.12. The van der Waals surface area contributed by atoms with Crippen molar-refractivity contribution < 1.29 is 35.6 Å². The molecule has 0 saturated heterocycles. The van der Waals surface area contributed by atoms with Crippen molar-refractivity contribution in [3.63, 3.8) is 0 Å². The molecule has 2 aromatic carbocycles. The topological polar surface area (TPSA) is 125 Å². The fraction of sp³-hybridized carbons (Fsp3) is 0.118. The second-order valence-electron chi connectivity index (χ2n) is 5.85. The summed E-state index contributed by atoms with van der Waals surface area (Å²) in [5.41, 5.74) is -0.818. The average molecular weight is 462 g/mol. The van der Waals surface area contributed by atoms with Crippen LogP contribution in [0.1, 0.15) is 21.8 Å². The summed E-state index contributed by atoms with van der Waals surface area (Å²) < 4.78 is 70.5. The summed E-state index contributed by atoms with van der Waals surface area (Å²) in [6.45, 7) is -0.484. The first-order chi connectivity index (χ1) is 13.9. The van der Waals surface area contributed by atoms with Crippen LogP contribution in [0.25, 0.3) is 11.4 Å². The highest BCUT2D eigenvalue weighted by atomic mass is 35.5. The Balaban J connectivity index is 1.71. The summed E-state index contributed by atoms with van der Waals surface area (Å²) in [6, 6.07) is 7.33. The van der Waals surface area contributed by atoms with Gasteiger partial charge in [0.25, 0.3) is 5.89 Å². The van der Waals surface area contributed by atoms with Crippen molar-refractivity contribution in [2.75, 3.05) is 0 Å². The molecule has 3 rings (SSSR count). The zero-order valence-corrected chi connectivity index (χ0v) is 16.3. The van der Waals surface area contributed by atoms with Gasteiger partial charge in [0.1, 0.15) is 0 Å². The van der Waals surface area contributed by atoms with Crippen LogP contribution in [0.5, 0.6) is 0 Å². The lowest BCUT2D eigenvalue weighted by atomic mass is 10.1. The number of halogens is 4. The van der Waals surface area contributed by atoms with Gasteiger partial charge >= 0.3 is 12.1 Å². The molecule has 0 amide bonds. The van der Waals surface area contributed by atoms with Gasteiger partial charge in [-0.15, -0.1) is 0 Å². The first-order valence-corrected chi connectivity index (χ1v) is 9.87. The van der Waals surface area contributed by atoms with E-state index in [2.05, 4.69) is 10.1 Å². The van der Waals surface area contributed by atoms with E-state index in [9.17, 15) is 26.4 Å². The van der Waals surface area contributed by atoms with E-state index in [1.165, 1.54) is 18.2 Å². The van der Waals surface area contributed by atoms with Crippen molar-refractivity contribution in [3.05, 3.63) is 64.5 Å². The van der Waals surface area contributed by atoms with Gasteiger partial charge in [-0.05, 0) is 30.3 Å². The van der Waals surface area contributed by atoms with Crippen molar-refractivity contribution in [2.45, 2.75) is 17.7 Å². The van der Waals surface area contributed by atoms with E-state index in [1.807, 2.05) is 0 Å². The molecule has 8 nitrogen and oxygen atoms in total. The molecule has 30 heavy (non-hydrogen) atoms. The zero-order valence-electron chi connectivity index (χ0n) is 14.7. The third-order valence-electron chi connectivity index (χ3n) is 3.75. The lowest BCUT2D eigenvalue weighted by Crippen LogP contribution is -2.14. The third kappa shape index (κ3) is 4.96. The van der Waals surface area contributed by atoms with Gasteiger partial charge in [-0.1, -0.05) is 28.9 Å². The van der Waals surface area contributed by atoms with Crippen LogP contribution in [0.15, 0.2) is 51.9 Å². The molecule has 13 heteroatoms. The quantitative estimate of drug-likeness (QED) is 0.577. The monoisotopic (exact) mass is 461 g/mol. The summed E-state index contributed by atoms with van der Waals surface area (Å²) in [7, 11) is -4.06. The lowest BCUT2D eigenvalue weighted by molar-refractivity contribution is -0.137. The minimum absolute atomic E-state index is 0.0102. The lowest BCUT2D eigenvalue weighted by Gasteiger charge is -2.06. The normalized spacial score (nSPS) is 12.0. The minimum atomic E-state index is -4.48. The molecule has 3 aromatic rings. The molecule has 0 saturated carbocycles. The Bertz CT molecular complexity index is 1190. The number of esters is 1. The molecule has 0 aliphatic rings. The number of rotatable bonds is 5. The maximum Gasteiger partial charge on any atom is 0.416 e. The largest absolute Gasteiger partial charge is 0.452 e. The van der Waals surface area contributed by atoms with Crippen LogP contribution < -0.4 is 5.14 Å². The molecule has 0 aliphatic heterocycles. The zero-order chi connectivity index (χ0) is 22.1. The van der Waals surface area contributed by atoms with E-state index in [0.29, 0.717) is 0 Å². The van der Waals surface area contributed by atoms with Gasteiger partial charge in [0, 0.05) is 5.56 Å². The van der Waals surface area contributed by atoms with Crippen molar-refractivity contribution in [1.29, 1.82) is 0 Å². The van der Waals surface area contributed by atoms with Crippen molar-refractivity contribution >= 4 is 27.6 Å². The second-order valence-corrected chi connectivity index (χ2v) is 7.82. The Hall–Kier alpha value is -2.96. The molecular weight excluding hydrogens is 451 g/mol. The maximum absolute atomic E-state index is 12.6. The summed E-state index contributed by atoms with van der Waals surface area (Å²) in [6.07, 6.45) is -4.48. The number of alkyl halides is 3. The predicted octanol–water partition coefficient (Wildman–Crippen LogP) is 3.41. The van der Waals surface area contributed by atoms with Crippen LogP contribution in [0.2, 0.25) is 5.02 Å². The molecule has 0 spiro atoms. The van der Waals surface area contributed by atoms with Gasteiger partial charge < -0.3 is 9.26 Å². The molecule has 0 fully saturated rings. The number of nitrogens with two attached hydrogens (primary N) is 1. The number of hydrogen-bond acceptors (Lipinski definition) is 7. The molecule has 1 heterocycles. The molecule has 1 aromatic heterocycles. The van der Waals surface area contributed by atoms with Crippen LogP contribution in [-0.2, 0) is 27.5 Å². The number of benzene rings is 2. The average Bonchev–Trinajstić information content (AvgIpc) is 3.14. The number of ether oxygens (including phenoxy) is 1. The number of carbonyl (C=O) groups excluding carboxylic acids is 1. The van der Waals surface area contributed by atoms with Gasteiger partial charge in [0.15, 0.2) is 6.61 Å². The van der Waals surface area contributed by atoms with Crippen LogP contribution in [0.4, 0.5) is 13.2 Å². The van der Waals surface area contributed by atoms with Crippen LogP contribution >= 0.6 is 11.6 Å². The van der Waals surface area contributed by atoms with E-state index >= 15 is 0 Å². The predicted molar refractivity (Wildman–Crippen MR) is 96.7 cm³/mol. The number of primary sulfonamides is 1. The standard InChI is InChI=1S/C17H11ClF3N3O5S/c18-13-6-5-11(30(22,26)27)7-12(13)16(25)28-8-14-23-15(24-29-14)9-1-3-10(4-2-9)17(19,20)21/h1-7H,8H2,(H2,22,26,27). The van der Waals surface area contributed by atoms with Crippen molar-refractivity contribution in [3.8, 4) is 11.4 Å². The van der Waals surface area contributed by atoms with E-state index in [-0.39, 0.29) is 32.8 Å². The highest BCUT2D eigenvalue weighted by molar-refractivity contribution is 7.89. The molecule has 0 atom stereocenters. The number of hydrogen-bond donors (Lipinski definition) is 1. The number of nitrogens with zero attached hydrogens (tertiary/aromatic N) is 2. The summed E-state index contributed by atoms with van der Waals surface area (Å²) in [4.78, 5) is 15.8. The Morgan fingerprint density at radius 3 is 2.43 bits per heavy atom. The van der Waals surface area contributed by atoms with Gasteiger partial charge in [-0.3, -0.25) is 0 Å². The van der Waals surface area contributed by atoms with Gasteiger partial charge in [-0.2, -0.15) is 18.2 Å². The smallest absolute Gasteiger partial charge is 0.416 e. The number of carbonyl (C=O) groups is 1. The van der Waals surface area contributed by atoms with E-state index in [1.54, 1.807) is 0 Å². The maximum atomic E-state index is 12.6. The Morgan fingerprint density at radius 2 is 1.83 bits per heavy atom. The van der Waals surface area contributed by atoms with Gasteiger partial charge in [0.05, 0.1) is 21.0 Å². The Kier molecular flexibility index (Phi) is 5.83. The SMILES string of the molecule is NS(=O)(=O)c1ccc(Cl)c(C(=O)OCc2nc(-c3ccc(C(F)(F)F)cc3)no2)c1. The number of aromatic nitrogens is 2. The summed E-state index contributed by atoms with van der Waals surface area (Å²) in [5, 5.41) is 8.56. The molecule has 158 valence electrons. The van der Waals surface area contributed by atoms with Crippen LogP contribution in [0, 0.1) is 0 Å². The minimum Gasteiger partial charge on any atom is -0.452 e. The molecule has 0 unspecified atom stereocenters. The van der Waals surface area contributed by atoms with Gasteiger partial charge in [-0.25, -0.2) is 18.4 Å². The van der Waals surface area contributed by atoms with Crippen molar-refractivity contribution in [2.24, 2.45) is 5.14 Å². The number of sulfonamides is 1. The van der Waals surface area contributed by atoms with Crippen LogP contribution in [0.3, 0.4) is 0 Å². The fourth-order valence-electron chi connectivity index (χ4n) is 2.28. The van der Waals surface area contributed by atoms with Gasteiger partial charge in [0.2, 0.25) is 15.8 Å². The van der Waals surface area contributed by atoms with Crippen molar-refractivity contribution in [1.82, 2.24) is 10.1 Å². The Labute approximate surface area is 172 Å². The molecular formula is C17H11ClF3N3O5S. The second kappa shape index (κ2) is 8.05. The Morgan fingerprint density at radius 1 is 1.17 bits per heavy atom. The van der Waals surface area contributed by atoms with E-state index in [4.69, 9.17) is 26.0 Å². The van der Waals surface area contributed by atoms with E-state index in [0.717, 1.165) is 24.3 Å².